The predicted octanol–water partition coefficient (Wildman–Crippen LogP) is 4.90. The highest BCUT2D eigenvalue weighted by molar-refractivity contribution is 7.09. The number of rotatable bonds is 5. The fourth-order valence-electron chi connectivity index (χ4n) is 2.22. The summed E-state index contributed by atoms with van der Waals surface area (Å²) >= 11 is 7.52. The molecule has 0 spiro atoms. The Labute approximate surface area is 133 Å². The topological polar surface area (TPSA) is 24.9 Å². The number of aromatic nitrogens is 1. The monoisotopic (exact) mass is 324 g/mol. The quantitative estimate of drug-likeness (QED) is 0.846. The van der Waals surface area contributed by atoms with Crippen molar-refractivity contribution in [3.8, 4) is 0 Å². The van der Waals surface area contributed by atoms with Crippen LogP contribution in [0.15, 0.2) is 23.6 Å². The molecule has 1 N–H and O–H groups in total. The molecule has 1 heterocycles. The normalized spacial score (nSPS) is 16.4. The van der Waals surface area contributed by atoms with Crippen molar-refractivity contribution in [2.24, 2.45) is 0 Å². The highest BCUT2D eigenvalue weighted by Gasteiger charge is 2.30. The molecule has 1 aromatic carbocycles. The standard InChI is InChI=1S/C16H18ClFN2S/c1-9(2)13-8-21-16(20-13)15(19-10-6-7-10)11-4-3-5-12(17)14(11)18/h3-5,8-10,15,19H,6-7H2,1-2H3. The summed E-state index contributed by atoms with van der Waals surface area (Å²) in [5.74, 6) is 0.0272. The minimum Gasteiger partial charge on any atom is -0.301 e. The van der Waals surface area contributed by atoms with Gasteiger partial charge in [-0.15, -0.1) is 11.3 Å². The molecule has 112 valence electrons. The molecule has 0 saturated heterocycles. The van der Waals surface area contributed by atoms with Crippen LogP contribution in [-0.4, -0.2) is 11.0 Å². The SMILES string of the molecule is CC(C)c1csc(C(NC2CC2)c2cccc(Cl)c2F)n1. The fraction of sp³-hybridized carbons (Fsp3) is 0.438. The van der Waals surface area contributed by atoms with Crippen LogP contribution >= 0.6 is 22.9 Å². The molecule has 21 heavy (non-hydrogen) atoms. The summed E-state index contributed by atoms with van der Waals surface area (Å²) in [6, 6.07) is 5.40. The number of thiazole rings is 1. The third kappa shape index (κ3) is 3.28. The zero-order chi connectivity index (χ0) is 15.0. The molecule has 1 atom stereocenters. The third-order valence-electron chi connectivity index (χ3n) is 3.65. The number of benzene rings is 1. The van der Waals surface area contributed by atoms with Crippen molar-refractivity contribution in [1.29, 1.82) is 0 Å². The second-order valence-corrected chi connectivity index (χ2v) is 7.08. The van der Waals surface area contributed by atoms with E-state index in [0.717, 1.165) is 23.5 Å². The zero-order valence-corrected chi connectivity index (χ0v) is 13.6. The minimum absolute atomic E-state index is 0.163. The Kier molecular flexibility index (Phi) is 4.29. The van der Waals surface area contributed by atoms with E-state index in [1.807, 2.05) is 0 Å². The average Bonchev–Trinajstić information content (AvgIpc) is 3.13. The molecule has 1 unspecified atom stereocenters. The molecule has 0 amide bonds. The van der Waals surface area contributed by atoms with E-state index in [1.54, 1.807) is 29.5 Å². The largest absolute Gasteiger partial charge is 0.301 e. The summed E-state index contributed by atoms with van der Waals surface area (Å²) < 4.78 is 14.4. The molecule has 1 aromatic heterocycles. The summed E-state index contributed by atoms with van der Waals surface area (Å²) in [7, 11) is 0. The zero-order valence-electron chi connectivity index (χ0n) is 12.1. The first-order valence-electron chi connectivity index (χ1n) is 7.21. The van der Waals surface area contributed by atoms with Crippen molar-refractivity contribution in [2.45, 2.75) is 44.7 Å². The molecule has 0 aliphatic heterocycles. The van der Waals surface area contributed by atoms with Gasteiger partial charge in [-0.05, 0) is 24.8 Å². The molecule has 2 aromatic rings. The first kappa shape index (κ1) is 14.9. The molecule has 2 nitrogen and oxygen atoms in total. The molecular weight excluding hydrogens is 307 g/mol. The summed E-state index contributed by atoms with van der Waals surface area (Å²) in [5.41, 5.74) is 1.64. The van der Waals surface area contributed by atoms with Gasteiger partial charge in [0.1, 0.15) is 10.8 Å². The first-order valence-corrected chi connectivity index (χ1v) is 8.47. The molecule has 1 aliphatic rings. The maximum Gasteiger partial charge on any atom is 0.146 e. The van der Waals surface area contributed by atoms with Gasteiger partial charge in [-0.2, -0.15) is 0 Å². The minimum atomic E-state index is -0.349. The molecule has 1 aliphatic carbocycles. The highest BCUT2D eigenvalue weighted by atomic mass is 35.5. The van der Waals surface area contributed by atoms with Crippen molar-refractivity contribution in [3.05, 3.63) is 50.7 Å². The Morgan fingerprint density at radius 3 is 2.76 bits per heavy atom. The van der Waals surface area contributed by atoms with E-state index in [0.29, 0.717) is 17.5 Å². The van der Waals surface area contributed by atoms with Gasteiger partial charge in [-0.25, -0.2) is 9.37 Å². The van der Waals surface area contributed by atoms with E-state index in [2.05, 4.69) is 29.5 Å². The van der Waals surface area contributed by atoms with Crippen LogP contribution in [0.1, 0.15) is 54.9 Å². The van der Waals surface area contributed by atoms with E-state index in [9.17, 15) is 4.39 Å². The van der Waals surface area contributed by atoms with Gasteiger partial charge in [0.2, 0.25) is 0 Å². The lowest BCUT2D eigenvalue weighted by molar-refractivity contribution is 0.543. The van der Waals surface area contributed by atoms with Gasteiger partial charge in [0.25, 0.3) is 0 Å². The van der Waals surface area contributed by atoms with E-state index in [-0.39, 0.29) is 16.9 Å². The molecule has 3 rings (SSSR count). The van der Waals surface area contributed by atoms with Gasteiger partial charge in [0, 0.05) is 17.0 Å². The van der Waals surface area contributed by atoms with Crippen molar-refractivity contribution < 1.29 is 4.39 Å². The van der Waals surface area contributed by atoms with Gasteiger partial charge in [0.05, 0.1) is 16.8 Å². The number of nitrogens with zero attached hydrogens (tertiary/aromatic N) is 1. The van der Waals surface area contributed by atoms with Crippen LogP contribution in [0.5, 0.6) is 0 Å². The Morgan fingerprint density at radius 1 is 1.38 bits per heavy atom. The summed E-state index contributed by atoms with van der Waals surface area (Å²) in [4.78, 5) is 4.68. The Morgan fingerprint density at radius 2 is 2.14 bits per heavy atom. The smallest absolute Gasteiger partial charge is 0.146 e. The molecular formula is C16H18ClFN2S. The summed E-state index contributed by atoms with van der Waals surface area (Å²) in [5, 5.41) is 6.62. The molecule has 0 bridgehead atoms. The van der Waals surface area contributed by atoms with Gasteiger partial charge in [-0.3, -0.25) is 0 Å². The molecule has 5 heteroatoms. The van der Waals surface area contributed by atoms with Gasteiger partial charge < -0.3 is 5.32 Å². The number of nitrogens with one attached hydrogen (secondary N) is 1. The van der Waals surface area contributed by atoms with Crippen LogP contribution in [0.4, 0.5) is 4.39 Å². The number of hydrogen-bond donors (Lipinski definition) is 1. The number of halogens is 2. The predicted molar refractivity (Wildman–Crippen MR) is 85.6 cm³/mol. The Hall–Kier alpha value is -0.970. The van der Waals surface area contributed by atoms with Crippen molar-refractivity contribution in [2.75, 3.05) is 0 Å². The van der Waals surface area contributed by atoms with Crippen LogP contribution in [-0.2, 0) is 0 Å². The lowest BCUT2D eigenvalue weighted by Gasteiger charge is -2.18. The number of hydrogen-bond acceptors (Lipinski definition) is 3. The second-order valence-electron chi connectivity index (χ2n) is 5.78. The average molecular weight is 325 g/mol. The fourth-order valence-corrected chi connectivity index (χ4v) is 3.46. The van der Waals surface area contributed by atoms with Gasteiger partial charge in [-0.1, -0.05) is 37.6 Å². The summed E-state index contributed by atoms with van der Waals surface area (Å²) in [6.45, 7) is 4.23. The van der Waals surface area contributed by atoms with Crippen molar-refractivity contribution in [1.82, 2.24) is 10.3 Å². The van der Waals surface area contributed by atoms with Crippen LogP contribution in [0.2, 0.25) is 5.02 Å². The molecule has 0 radical (unpaired) electrons. The van der Waals surface area contributed by atoms with Gasteiger partial charge in [0.15, 0.2) is 0 Å². The molecule has 1 saturated carbocycles. The first-order chi connectivity index (χ1) is 10.1. The van der Waals surface area contributed by atoms with Crippen molar-refractivity contribution >= 4 is 22.9 Å². The van der Waals surface area contributed by atoms with Crippen LogP contribution in [0, 0.1) is 5.82 Å². The lowest BCUT2D eigenvalue weighted by Crippen LogP contribution is -2.25. The maximum absolute atomic E-state index is 14.4. The molecule has 1 fully saturated rings. The Balaban J connectivity index is 1.98. The summed E-state index contributed by atoms with van der Waals surface area (Å²) in [6.07, 6.45) is 2.28. The van der Waals surface area contributed by atoms with Crippen LogP contribution in [0.25, 0.3) is 0 Å². The lowest BCUT2D eigenvalue weighted by atomic mass is 10.1. The van der Waals surface area contributed by atoms with Crippen LogP contribution < -0.4 is 5.32 Å². The van der Waals surface area contributed by atoms with Crippen molar-refractivity contribution in [3.63, 3.8) is 0 Å². The van der Waals surface area contributed by atoms with Crippen LogP contribution in [0.3, 0.4) is 0 Å². The van der Waals surface area contributed by atoms with Gasteiger partial charge >= 0.3 is 0 Å². The highest BCUT2D eigenvalue weighted by Crippen LogP contribution is 2.34. The maximum atomic E-state index is 14.4. The van der Waals surface area contributed by atoms with E-state index in [4.69, 9.17) is 11.6 Å². The van der Waals surface area contributed by atoms with E-state index in [1.165, 1.54) is 0 Å². The van der Waals surface area contributed by atoms with E-state index >= 15 is 0 Å². The van der Waals surface area contributed by atoms with E-state index < -0.39 is 0 Å². The third-order valence-corrected chi connectivity index (χ3v) is 4.87. The second kappa shape index (κ2) is 6.03. The Bertz CT molecular complexity index is 637.